The van der Waals surface area contributed by atoms with Gasteiger partial charge in [0.1, 0.15) is 6.04 Å². The minimum Gasteiger partial charge on any atom is -0.340 e. The van der Waals surface area contributed by atoms with Gasteiger partial charge in [-0.1, -0.05) is 31.5 Å². The SMILES string of the molecule is CNC1CCCN(C(=O)C(NC(=O)c2ccc(C)cc2)C(C)C)C1. The van der Waals surface area contributed by atoms with E-state index in [0.29, 0.717) is 18.2 Å². The molecule has 1 aliphatic rings. The van der Waals surface area contributed by atoms with Crippen molar-refractivity contribution < 1.29 is 9.59 Å². The zero-order chi connectivity index (χ0) is 17.7. The van der Waals surface area contributed by atoms with Crippen molar-refractivity contribution in [3.05, 3.63) is 35.4 Å². The second kappa shape index (κ2) is 8.29. The minimum atomic E-state index is -0.491. The zero-order valence-electron chi connectivity index (χ0n) is 15.1. The lowest BCUT2D eigenvalue weighted by Gasteiger charge is -2.36. The predicted molar refractivity (Wildman–Crippen MR) is 95.9 cm³/mol. The summed E-state index contributed by atoms with van der Waals surface area (Å²) < 4.78 is 0. The third-order valence-electron chi connectivity index (χ3n) is 4.67. The molecule has 2 atom stereocenters. The van der Waals surface area contributed by atoms with Crippen molar-refractivity contribution in [2.75, 3.05) is 20.1 Å². The van der Waals surface area contributed by atoms with Gasteiger partial charge in [-0.2, -0.15) is 0 Å². The van der Waals surface area contributed by atoms with E-state index in [4.69, 9.17) is 0 Å². The molecule has 2 rings (SSSR count). The predicted octanol–water partition coefficient (Wildman–Crippen LogP) is 1.96. The Hall–Kier alpha value is -1.88. The van der Waals surface area contributed by atoms with E-state index < -0.39 is 6.04 Å². The van der Waals surface area contributed by atoms with Crippen molar-refractivity contribution in [3.63, 3.8) is 0 Å². The summed E-state index contributed by atoms with van der Waals surface area (Å²) >= 11 is 0. The van der Waals surface area contributed by atoms with Crippen molar-refractivity contribution in [1.82, 2.24) is 15.5 Å². The average Bonchev–Trinajstić information content (AvgIpc) is 2.59. The summed E-state index contributed by atoms with van der Waals surface area (Å²) in [5.41, 5.74) is 1.69. The van der Waals surface area contributed by atoms with Gasteiger partial charge in [0.25, 0.3) is 5.91 Å². The topological polar surface area (TPSA) is 61.4 Å². The molecule has 1 aliphatic heterocycles. The van der Waals surface area contributed by atoms with E-state index in [-0.39, 0.29) is 17.7 Å². The first-order valence-corrected chi connectivity index (χ1v) is 8.76. The van der Waals surface area contributed by atoms with E-state index in [1.54, 1.807) is 12.1 Å². The Morgan fingerprint density at radius 3 is 2.46 bits per heavy atom. The van der Waals surface area contributed by atoms with Crippen molar-refractivity contribution in [2.45, 2.75) is 45.7 Å². The maximum atomic E-state index is 12.9. The molecule has 1 heterocycles. The Labute approximate surface area is 144 Å². The van der Waals surface area contributed by atoms with Gasteiger partial charge in [0.2, 0.25) is 5.91 Å². The van der Waals surface area contributed by atoms with Crippen LogP contribution in [0.15, 0.2) is 24.3 Å². The van der Waals surface area contributed by atoms with Crippen LogP contribution in [0.1, 0.15) is 42.6 Å². The van der Waals surface area contributed by atoms with Gasteiger partial charge in [0, 0.05) is 24.7 Å². The van der Waals surface area contributed by atoms with Crippen LogP contribution in [0.25, 0.3) is 0 Å². The van der Waals surface area contributed by atoms with Gasteiger partial charge in [-0.25, -0.2) is 0 Å². The van der Waals surface area contributed by atoms with E-state index in [0.717, 1.165) is 24.9 Å². The minimum absolute atomic E-state index is 0.0189. The van der Waals surface area contributed by atoms with E-state index in [9.17, 15) is 9.59 Å². The number of rotatable bonds is 5. The molecule has 0 radical (unpaired) electrons. The van der Waals surface area contributed by atoms with E-state index in [1.807, 2.05) is 44.9 Å². The Morgan fingerprint density at radius 2 is 1.88 bits per heavy atom. The fraction of sp³-hybridized carbons (Fsp3) is 0.579. The molecule has 2 amide bonds. The van der Waals surface area contributed by atoms with Crippen LogP contribution < -0.4 is 10.6 Å². The molecule has 0 spiro atoms. The van der Waals surface area contributed by atoms with Crippen LogP contribution >= 0.6 is 0 Å². The molecule has 1 fully saturated rings. The number of carbonyl (C=O) groups excluding carboxylic acids is 2. The molecule has 1 saturated heterocycles. The van der Waals surface area contributed by atoms with Gasteiger partial charge < -0.3 is 15.5 Å². The number of benzene rings is 1. The van der Waals surface area contributed by atoms with Gasteiger partial charge >= 0.3 is 0 Å². The van der Waals surface area contributed by atoms with Gasteiger partial charge in [0.05, 0.1) is 0 Å². The molecule has 0 aromatic heterocycles. The standard InChI is InChI=1S/C19H29N3O2/c1-13(2)17(19(24)22-11-5-6-16(12-22)20-4)21-18(23)15-9-7-14(3)8-10-15/h7-10,13,16-17,20H,5-6,11-12H2,1-4H3,(H,21,23). The summed E-state index contributed by atoms with van der Waals surface area (Å²) in [6.45, 7) is 7.39. The highest BCUT2D eigenvalue weighted by Crippen LogP contribution is 2.15. The molecule has 132 valence electrons. The molecular formula is C19H29N3O2. The molecule has 1 aromatic rings. The number of amides is 2. The molecule has 2 N–H and O–H groups in total. The smallest absolute Gasteiger partial charge is 0.251 e. The Bertz CT molecular complexity index is 568. The summed E-state index contributed by atoms with van der Waals surface area (Å²) in [6, 6.07) is 7.25. The lowest BCUT2D eigenvalue weighted by molar-refractivity contribution is -0.135. The number of carbonyl (C=O) groups is 2. The summed E-state index contributed by atoms with van der Waals surface area (Å²) in [4.78, 5) is 27.3. The number of nitrogens with one attached hydrogen (secondary N) is 2. The maximum Gasteiger partial charge on any atom is 0.251 e. The van der Waals surface area contributed by atoms with Crippen LogP contribution in [0.4, 0.5) is 0 Å². The number of hydrogen-bond acceptors (Lipinski definition) is 3. The Kier molecular flexibility index (Phi) is 6.37. The van der Waals surface area contributed by atoms with Crippen LogP contribution in [0, 0.1) is 12.8 Å². The normalized spacial score (nSPS) is 19.2. The van der Waals surface area contributed by atoms with Crippen LogP contribution in [-0.2, 0) is 4.79 Å². The molecule has 0 bridgehead atoms. The monoisotopic (exact) mass is 331 g/mol. The molecule has 5 heteroatoms. The number of hydrogen-bond donors (Lipinski definition) is 2. The number of aryl methyl sites for hydroxylation is 1. The first kappa shape index (κ1) is 18.5. The first-order chi connectivity index (χ1) is 11.4. The van der Waals surface area contributed by atoms with Crippen molar-refractivity contribution in [3.8, 4) is 0 Å². The molecule has 24 heavy (non-hydrogen) atoms. The first-order valence-electron chi connectivity index (χ1n) is 8.76. The zero-order valence-corrected chi connectivity index (χ0v) is 15.1. The summed E-state index contributed by atoms with van der Waals surface area (Å²) in [6.07, 6.45) is 2.08. The highest BCUT2D eigenvalue weighted by Gasteiger charge is 2.31. The molecule has 5 nitrogen and oxygen atoms in total. The molecule has 0 saturated carbocycles. The van der Waals surface area contributed by atoms with Crippen LogP contribution in [0.5, 0.6) is 0 Å². The highest BCUT2D eigenvalue weighted by molar-refractivity contribution is 5.97. The average molecular weight is 331 g/mol. The number of nitrogens with zero attached hydrogens (tertiary/aromatic N) is 1. The lowest BCUT2D eigenvalue weighted by atomic mass is 9.99. The van der Waals surface area contributed by atoms with Crippen molar-refractivity contribution in [2.24, 2.45) is 5.92 Å². The van der Waals surface area contributed by atoms with Crippen molar-refractivity contribution in [1.29, 1.82) is 0 Å². The lowest BCUT2D eigenvalue weighted by Crippen LogP contribution is -2.55. The van der Waals surface area contributed by atoms with Gasteiger partial charge in [-0.15, -0.1) is 0 Å². The molecule has 0 aliphatic carbocycles. The van der Waals surface area contributed by atoms with Crippen LogP contribution in [0.3, 0.4) is 0 Å². The third kappa shape index (κ3) is 4.57. The third-order valence-corrected chi connectivity index (χ3v) is 4.67. The quantitative estimate of drug-likeness (QED) is 0.867. The second-order valence-electron chi connectivity index (χ2n) is 6.97. The van der Waals surface area contributed by atoms with E-state index in [1.165, 1.54) is 0 Å². The van der Waals surface area contributed by atoms with E-state index in [2.05, 4.69) is 10.6 Å². The fourth-order valence-electron chi connectivity index (χ4n) is 3.05. The fourth-order valence-corrected chi connectivity index (χ4v) is 3.05. The summed E-state index contributed by atoms with van der Waals surface area (Å²) in [5.74, 6) is -0.128. The van der Waals surface area contributed by atoms with Crippen molar-refractivity contribution >= 4 is 11.8 Å². The Morgan fingerprint density at radius 1 is 1.21 bits per heavy atom. The summed E-state index contributed by atoms with van der Waals surface area (Å²) in [5, 5.41) is 6.18. The van der Waals surface area contributed by atoms with Crippen LogP contribution in [0.2, 0.25) is 0 Å². The number of likely N-dealkylation sites (N-methyl/N-ethyl adjacent to an activating group) is 1. The number of piperidine rings is 1. The van der Waals surface area contributed by atoms with Gasteiger partial charge in [-0.3, -0.25) is 9.59 Å². The van der Waals surface area contributed by atoms with Crippen LogP contribution in [-0.4, -0.2) is 48.9 Å². The Balaban J connectivity index is 2.06. The number of likely N-dealkylation sites (tertiary alicyclic amines) is 1. The highest BCUT2D eigenvalue weighted by atomic mass is 16.2. The molecule has 1 aromatic carbocycles. The van der Waals surface area contributed by atoms with Gasteiger partial charge in [-0.05, 0) is 44.9 Å². The molecular weight excluding hydrogens is 302 g/mol. The van der Waals surface area contributed by atoms with E-state index >= 15 is 0 Å². The van der Waals surface area contributed by atoms with Gasteiger partial charge in [0.15, 0.2) is 0 Å². The summed E-state index contributed by atoms with van der Waals surface area (Å²) in [7, 11) is 1.93. The second-order valence-corrected chi connectivity index (χ2v) is 6.97. The molecule has 2 unspecified atom stereocenters. The largest absolute Gasteiger partial charge is 0.340 e. The maximum absolute atomic E-state index is 12.9.